The summed E-state index contributed by atoms with van der Waals surface area (Å²) in [5, 5.41) is 4.44. The summed E-state index contributed by atoms with van der Waals surface area (Å²) in [6.07, 6.45) is 1.74. The van der Waals surface area contributed by atoms with Crippen LogP contribution in [0.2, 0.25) is 0 Å². The van der Waals surface area contributed by atoms with Gasteiger partial charge >= 0.3 is 0 Å². The van der Waals surface area contributed by atoms with E-state index in [0.717, 1.165) is 55.0 Å². The molecule has 0 spiro atoms. The van der Waals surface area contributed by atoms with E-state index in [-0.39, 0.29) is 0 Å². The molecule has 7 rings (SSSR count). The Kier molecular flexibility index (Phi) is 3.88. The zero-order chi connectivity index (χ0) is 22.6. The lowest BCUT2D eigenvalue weighted by atomic mass is 10.1. The van der Waals surface area contributed by atoms with E-state index >= 15 is 0 Å². The van der Waals surface area contributed by atoms with Crippen molar-refractivity contribution in [1.82, 2.24) is 9.55 Å². The molecule has 0 bridgehead atoms. The minimum absolute atomic E-state index is 0.537. The SMILES string of the molecule is [C-]#[N+]c1cccnc1-c1ccccc1-n1c2ccccc2c2c3oc4ccccc4c3ccc21. The molecule has 34 heavy (non-hydrogen) atoms. The van der Waals surface area contributed by atoms with Crippen molar-refractivity contribution in [3.63, 3.8) is 0 Å². The maximum absolute atomic E-state index is 7.65. The summed E-state index contributed by atoms with van der Waals surface area (Å²) in [5.41, 5.74) is 7.04. The van der Waals surface area contributed by atoms with Crippen molar-refractivity contribution in [3.8, 4) is 16.9 Å². The van der Waals surface area contributed by atoms with Crippen LogP contribution in [-0.2, 0) is 0 Å². The second-order valence-electron chi connectivity index (χ2n) is 8.29. The molecular weight excluding hydrogens is 418 g/mol. The van der Waals surface area contributed by atoms with Gasteiger partial charge in [-0.3, -0.25) is 4.98 Å². The van der Waals surface area contributed by atoms with E-state index in [1.54, 1.807) is 12.3 Å². The Hall–Kier alpha value is -4.88. The lowest BCUT2D eigenvalue weighted by molar-refractivity contribution is 0.673. The van der Waals surface area contributed by atoms with Crippen molar-refractivity contribution >= 4 is 49.4 Å². The molecule has 0 amide bonds. The van der Waals surface area contributed by atoms with Gasteiger partial charge in [0, 0.05) is 27.9 Å². The normalized spacial score (nSPS) is 11.5. The van der Waals surface area contributed by atoms with Crippen molar-refractivity contribution < 1.29 is 4.42 Å². The Labute approximate surface area is 195 Å². The van der Waals surface area contributed by atoms with Crippen LogP contribution in [0.4, 0.5) is 5.69 Å². The van der Waals surface area contributed by atoms with E-state index in [9.17, 15) is 0 Å². The average molecular weight is 435 g/mol. The minimum Gasteiger partial charge on any atom is -0.455 e. The number of para-hydroxylation sites is 3. The smallest absolute Gasteiger partial charge is 0.212 e. The molecule has 0 aliphatic rings. The van der Waals surface area contributed by atoms with Crippen molar-refractivity contribution in [2.75, 3.05) is 0 Å². The predicted molar refractivity (Wildman–Crippen MR) is 138 cm³/mol. The summed E-state index contributed by atoms with van der Waals surface area (Å²) in [5.74, 6) is 0. The van der Waals surface area contributed by atoms with E-state index in [1.165, 1.54) is 0 Å². The molecule has 0 aliphatic heterocycles. The number of hydrogen-bond acceptors (Lipinski definition) is 2. The van der Waals surface area contributed by atoms with Crippen LogP contribution in [0.1, 0.15) is 0 Å². The van der Waals surface area contributed by atoms with Gasteiger partial charge in [0.15, 0.2) is 0 Å². The van der Waals surface area contributed by atoms with Crippen LogP contribution in [-0.4, -0.2) is 9.55 Å². The summed E-state index contributed by atoms with van der Waals surface area (Å²) < 4.78 is 8.67. The van der Waals surface area contributed by atoms with Gasteiger partial charge in [-0.1, -0.05) is 66.7 Å². The number of nitrogens with zero attached hydrogens (tertiary/aromatic N) is 3. The standard InChI is InChI=1S/C30H17N3O/c1-31-23-12-8-18-32-29(23)22-11-3-6-14-25(22)33-24-13-5-2-10-21(24)28-26(33)17-16-20-19-9-4-7-15-27(19)34-30(20)28/h2-18H. The molecular formula is C30H17N3O. The zero-order valence-corrected chi connectivity index (χ0v) is 18.1. The molecule has 0 atom stereocenters. The van der Waals surface area contributed by atoms with E-state index < -0.39 is 0 Å². The summed E-state index contributed by atoms with van der Waals surface area (Å²) >= 11 is 0. The molecule has 0 saturated carbocycles. The maximum atomic E-state index is 7.65. The fraction of sp³-hybridized carbons (Fsp3) is 0. The van der Waals surface area contributed by atoms with Gasteiger partial charge in [-0.2, -0.15) is 0 Å². The highest BCUT2D eigenvalue weighted by Gasteiger charge is 2.20. The quantitative estimate of drug-likeness (QED) is 0.256. The topological polar surface area (TPSA) is 35.3 Å². The van der Waals surface area contributed by atoms with Crippen LogP contribution in [0.15, 0.2) is 108 Å². The number of pyridine rings is 1. The highest BCUT2D eigenvalue weighted by atomic mass is 16.3. The number of hydrogen-bond donors (Lipinski definition) is 0. The molecule has 0 aliphatic carbocycles. The van der Waals surface area contributed by atoms with E-state index in [0.29, 0.717) is 11.4 Å². The Morgan fingerprint density at radius 1 is 0.706 bits per heavy atom. The summed E-state index contributed by atoms with van der Waals surface area (Å²) in [6.45, 7) is 7.65. The molecule has 0 unspecified atom stereocenters. The van der Waals surface area contributed by atoms with Gasteiger partial charge in [0.25, 0.3) is 0 Å². The molecule has 0 saturated heterocycles. The molecule has 4 nitrogen and oxygen atoms in total. The maximum Gasteiger partial charge on any atom is 0.212 e. The van der Waals surface area contributed by atoms with Gasteiger partial charge in [0.1, 0.15) is 11.2 Å². The number of furan rings is 1. The van der Waals surface area contributed by atoms with Gasteiger partial charge in [0.2, 0.25) is 5.69 Å². The first-order valence-corrected chi connectivity index (χ1v) is 11.1. The Morgan fingerprint density at radius 2 is 1.50 bits per heavy atom. The van der Waals surface area contributed by atoms with Crippen LogP contribution in [0.3, 0.4) is 0 Å². The van der Waals surface area contributed by atoms with Gasteiger partial charge < -0.3 is 8.98 Å². The van der Waals surface area contributed by atoms with Crippen molar-refractivity contribution in [2.24, 2.45) is 0 Å². The first-order chi connectivity index (χ1) is 16.8. The molecule has 4 heteroatoms. The zero-order valence-electron chi connectivity index (χ0n) is 18.1. The third-order valence-electron chi connectivity index (χ3n) is 6.49. The molecule has 0 fully saturated rings. The fourth-order valence-corrected chi connectivity index (χ4v) is 5.06. The largest absolute Gasteiger partial charge is 0.455 e. The fourth-order valence-electron chi connectivity index (χ4n) is 5.06. The molecule has 3 heterocycles. The molecule has 0 radical (unpaired) electrons. The van der Waals surface area contributed by atoms with Crippen LogP contribution in [0.5, 0.6) is 0 Å². The average Bonchev–Trinajstić information content (AvgIpc) is 3.44. The molecule has 0 N–H and O–H groups in total. The highest BCUT2D eigenvalue weighted by Crippen LogP contribution is 2.42. The van der Waals surface area contributed by atoms with Gasteiger partial charge in [-0.25, -0.2) is 4.85 Å². The summed E-state index contributed by atoms with van der Waals surface area (Å²) in [6, 6.07) is 32.7. The number of fused-ring (bicyclic) bond motifs is 7. The van der Waals surface area contributed by atoms with Crippen LogP contribution in [0, 0.1) is 6.57 Å². The van der Waals surface area contributed by atoms with Gasteiger partial charge in [0.05, 0.1) is 34.4 Å². The molecule has 158 valence electrons. The van der Waals surface area contributed by atoms with Crippen LogP contribution in [0.25, 0.3) is 65.5 Å². The first kappa shape index (κ1) is 18.7. The van der Waals surface area contributed by atoms with Crippen LogP contribution >= 0.6 is 0 Å². The van der Waals surface area contributed by atoms with Gasteiger partial charge in [-0.15, -0.1) is 0 Å². The molecule has 4 aromatic carbocycles. The third kappa shape index (κ3) is 2.49. The Morgan fingerprint density at radius 3 is 2.41 bits per heavy atom. The van der Waals surface area contributed by atoms with Gasteiger partial charge in [-0.05, 0) is 30.3 Å². The number of aromatic nitrogens is 2. The van der Waals surface area contributed by atoms with Crippen molar-refractivity contribution in [2.45, 2.75) is 0 Å². The third-order valence-corrected chi connectivity index (χ3v) is 6.49. The summed E-state index contributed by atoms with van der Waals surface area (Å²) in [4.78, 5) is 8.31. The highest BCUT2D eigenvalue weighted by molar-refractivity contribution is 6.24. The monoisotopic (exact) mass is 435 g/mol. The lowest BCUT2D eigenvalue weighted by Gasteiger charge is -2.14. The predicted octanol–water partition coefficient (Wildman–Crippen LogP) is 8.30. The number of benzene rings is 4. The van der Waals surface area contributed by atoms with Crippen molar-refractivity contribution in [1.29, 1.82) is 0 Å². The van der Waals surface area contributed by atoms with E-state index in [2.05, 4.69) is 62.9 Å². The van der Waals surface area contributed by atoms with E-state index in [1.807, 2.05) is 42.5 Å². The van der Waals surface area contributed by atoms with Crippen LogP contribution < -0.4 is 0 Å². The number of rotatable bonds is 2. The Bertz CT molecular complexity index is 1930. The van der Waals surface area contributed by atoms with Crippen molar-refractivity contribution in [3.05, 3.63) is 115 Å². The minimum atomic E-state index is 0.537. The second-order valence-corrected chi connectivity index (χ2v) is 8.29. The molecule has 7 aromatic rings. The second kappa shape index (κ2) is 7.06. The lowest BCUT2D eigenvalue weighted by Crippen LogP contribution is -1.98. The Balaban J connectivity index is 1.65. The first-order valence-electron chi connectivity index (χ1n) is 11.1. The molecule has 3 aromatic heterocycles. The van der Waals surface area contributed by atoms with E-state index in [4.69, 9.17) is 11.0 Å². The summed E-state index contributed by atoms with van der Waals surface area (Å²) in [7, 11) is 0.